The van der Waals surface area contributed by atoms with Crippen LogP contribution >= 0.6 is 23.2 Å². The second-order valence-corrected chi connectivity index (χ2v) is 5.17. The van der Waals surface area contributed by atoms with Gasteiger partial charge in [0.1, 0.15) is 5.69 Å². The Labute approximate surface area is 115 Å². The number of nitro benzene ring substituents is 1. The first-order chi connectivity index (χ1) is 8.26. The molecule has 0 aliphatic carbocycles. The van der Waals surface area contributed by atoms with Gasteiger partial charge in [0.2, 0.25) is 0 Å². The number of hydrogen-bond acceptors (Lipinski definition) is 4. The van der Waals surface area contributed by atoms with Crippen molar-refractivity contribution in [2.45, 2.75) is 19.4 Å². The van der Waals surface area contributed by atoms with Gasteiger partial charge in [0, 0.05) is 19.7 Å². The number of nitro groups is 1. The number of rotatable bonds is 5. The molecule has 0 saturated heterocycles. The first-order valence-electron chi connectivity index (χ1n) is 5.19. The van der Waals surface area contributed by atoms with Crippen LogP contribution in [0.1, 0.15) is 13.8 Å². The molecule has 1 aromatic carbocycles. The molecule has 0 heterocycles. The topological polar surface area (TPSA) is 64.4 Å². The van der Waals surface area contributed by atoms with Gasteiger partial charge in [-0.3, -0.25) is 10.1 Å². The zero-order chi connectivity index (χ0) is 13.9. The molecule has 100 valence electrons. The van der Waals surface area contributed by atoms with Crippen LogP contribution in [-0.2, 0) is 4.74 Å². The second-order valence-electron chi connectivity index (χ2n) is 4.36. The summed E-state index contributed by atoms with van der Waals surface area (Å²) in [4.78, 5) is 10.4. The summed E-state index contributed by atoms with van der Waals surface area (Å²) >= 11 is 11.6. The molecule has 0 bridgehead atoms. The van der Waals surface area contributed by atoms with Gasteiger partial charge in [0.05, 0.1) is 20.6 Å². The number of methoxy groups -OCH3 is 1. The third kappa shape index (κ3) is 3.73. The van der Waals surface area contributed by atoms with E-state index in [2.05, 4.69) is 5.32 Å². The summed E-state index contributed by atoms with van der Waals surface area (Å²) in [6.07, 6.45) is 0. The zero-order valence-corrected chi connectivity index (χ0v) is 11.8. The van der Waals surface area contributed by atoms with Crippen LogP contribution in [0.15, 0.2) is 12.1 Å². The van der Waals surface area contributed by atoms with E-state index in [-0.39, 0.29) is 15.7 Å². The van der Waals surface area contributed by atoms with E-state index in [4.69, 9.17) is 27.9 Å². The van der Waals surface area contributed by atoms with E-state index in [9.17, 15) is 10.1 Å². The van der Waals surface area contributed by atoms with Gasteiger partial charge in [-0.25, -0.2) is 0 Å². The molecule has 0 aliphatic rings. The van der Waals surface area contributed by atoms with Crippen LogP contribution in [0.5, 0.6) is 0 Å². The summed E-state index contributed by atoms with van der Waals surface area (Å²) in [6, 6.07) is 2.67. The number of ether oxygens (including phenoxy) is 1. The number of hydrogen-bond donors (Lipinski definition) is 1. The SMILES string of the molecule is COC(C)(C)CNc1cc(Cl)c(Cl)cc1[N+](=O)[O-]. The summed E-state index contributed by atoms with van der Waals surface area (Å²) in [5.41, 5.74) is -0.240. The highest BCUT2D eigenvalue weighted by Crippen LogP contribution is 2.34. The maximum atomic E-state index is 10.9. The molecule has 0 aliphatic heterocycles. The highest BCUT2D eigenvalue weighted by Gasteiger charge is 2.21. The lowest BCUT2D eigenvalue weighted by Gasteiger charge is -2.23. The highest BCUT2D eigenvalue weighted by atomic mass is 35.5. The molecule has 1 aromatic rings. The molecular formula is C11H14Cl2N2O3. The maximum absolute atomic E-state index is 10.9. The summed E-state index contributed by atoms with van der Waals surface area (Å²) in [6.45, 7) is 4.13. The van der Waals surface area contributed by atoms with Gasteiger partial charge < -0.3 is 10.1 Å². The molecule has 0 aromatic heterocycles. The zero-order valence-electron chi connectivity index (χ0n) is 10.3. The Balaban J connectivity index is 3.01. The summed E-state index contributed by atoms with van der Waals surface area (Å²) in [7, 11) is 1.57. The van der Waals surface area contributed by atoms with Crippen molar-refractivity contribution in [1.82, 2.24) is 0 Å². The Morgan fingerprint density at radius 1 is 1.39 bits per heavy atom. The van der Waals surface area contributed by atoms with Crippen LogP contribution < -0.4 is 5.32 Å². The average Bonchev–Trinajstić information content (AvgIpc) is 2.30. The van der Waals surface area contributed by atoms with Gasteiger partial charge >= 0.3 is 0 Å². The van der Waals surface area contributed by atoms with E-state index in [0.717, 1.165) is 0 Å². The van der Waals surface area contributed by atoms with E-state index >= 15 is 0 Å². The van der Waals surface area contributed by atoms with E-state index in [0.29, 0.717) is 12.2 Å². The van der Waals surface area contributed by atoms with Gasteiger partial charge in [0.25, 0.3) is 5.69 Å². The Morgan fingerprint density at radius 2 is 1.94 bits per heavy atom. The van der Waals surface area contributed by atoms with Crippen molar-refractivity contribution in [3.05, 3.63) is 32.3 Å². The predicted octanol–water partition coefficient (Wildman–Crippen LogP) is 3.74. The third-order valence-electron chi connectivity index (χ3n) is 2.49. The van der Waals surface area contributed by atoms with Crippen molar-refractivity contribution < 1.29 is 9.66 Å². The van der Waals surface area contributed by atoms with Crippen molar-refractivity contribution in [2.24, 2.45) is 0 Å². The molecule has 0 saturated carbocycles. The molecule has 0 amide bonds. The Bertz CT molecular complexity index is 464. The van der Waals surface area contributed by atoms with E-state index in [1.165, 1.54) is 12.1 Å². The van der Waals surface area contributed by atoms with Crippen LogP contribution in [0, 0.1) is 10.1 Å². The summed E-state index contributed by atoms with van der Waals surface area (Å²) < 4.78 is 5.22. The Kier molecular flexibility index (Phi) is 4.78. The van der Waals surface area contributed by atoms with E-state index in [1.54, 1.807) is 7.11 Å². The molecule has 0 radical (unpaired) electrons. The first kappa shape index (κ1) is 15.0. The van der Waals surface area contributed by atoms with Gasteiger partial charge in [-0.05, 0) is 19.9 Å². The van der Waals surface area contributed by atoms with Crippen molar-refractivity contribution in [2.75, 3.05) is 19.0 Å². The van der Waals surface area contributed by atoms with Crippen molar-refractivity contribution in [3.63, 3.8) is 0 Å². The van der Waals surface area contributed by atoms with E-state index in [1.807, 2.05) is 13.8 Å². The lowest BCUT2D eigenvalue weighted by atomic mass is 10.1. The molecule has 0 spiro atoms. The van der Waals surface area contributed by atoms with Gasteiger partial charge in [-0.1, -0.05) is 23.2 Å². The fourth-order valence-electron chi connectivity index (χ4n) is 1.21. The van der Waals surface area contributed by atoms with Gasteiger partial charge in [0.15, 0.2) is 0 Å². The van der Waals surface area contributed by atoms with Gasteiger partial charge in [-0.2, -0.15) is 0 Å². The van der Waals surface area contributed by atoms with Crippen LogP contribution in [0.2, 0.25) is 10.0 Å². The minimum atomic E-state index is -0.510. The lowest BCUT2D eigenvalue weighted by molar-refractivity contribution is -0.383. The third-order valence-corrected chi connectivity index (χ3v) is 3.21. The van der Waals surface area contributed by atoms with Crippen LogP contribution in [0.4, 0.5) is 11.4 Å². The molecular weight excluding hydrogens is 279 g/mol. The number of benzene rings is 1. The number of anilines is 1. The van der Waals surface area contributed by atoms with Crippen molar-refractivity contribution in [3.8, 4) is 0 Å². The normalized spacial score (nSPS) is 11.4. The van der Waals surface area contributed by atoms with Crippen LogP contribution in [-0.4, -0.2) is 24.2 Å². The van der Waals surface area contributed by atoms with Crippen molar-refractivity contribution in [1.29, 1.82) is 0 Å². The smallest absolute Gasteiger partial charge is 0.293 e. The minimum Gasteiger partial charge on any atom is -0.377 e. The highest BCUT2D eigenvalue weighted by molar-refractivity contribution is 6.42. The van der Waals surface area contributed by atoms with Crippen LogP contribution in [0.3, 0.4) is 0 Å². The lowest BCUT2D eigenvalue weighted by Crippen LogP contribution is -2.32. The Morgan fingerprint density at radius 3 is 2.44 bits per heavy atom. The second kappa shape index (κ2) is 5.73. The number of halogens is 2. The maximum Gasteiger partial charge on any atom is 0.293 e. The predicted molar refractivity (Wildman–Crippen MR) is 72.7 cm³/mol. The first-order valence-corrected chi connectivity index (χ1v) is 5.95. The molecule has 7 heteroatoms. The molecule has 1 N–H and O–H groups in total. The van der Waals surface area contributed by atoms with E-state index < -0.39 is 10.5 Å². The molecule has 1 rings (SSSR count). The fraction of sp³-hybridized carbons (Fsp3) is 0.455. The molecule has 0 fully saturated rings. The molecule has 5 nitrogen and oxygen atoms in total. The largest absolute Gasteiger partial charge is 0.377 e. The van der Waals surface area contributed by atoms with Crippen molar-refractivity contribution >= 4 is 34.6 Å². The fourth-order valence-corrected chi connectivity index (χ4v) is 1.53. The monoisotopic (exact) mass is 292 g/mol. The standard InChI is InChI=1S/C11H14Cl2N2O3/c1-11(2,18-3)6-14-9-4-7(12)8(13)5-10(9)15(16)17/h4-5,14H,6H2,1-3H3. The molecule has 0 atom stereocenters. The average molecular weight is 293 g/mol. The summed E-state index contributed by atoms with van der Waals surface area (Å²) in [5.74, 6) is 0. The molecule has 0 unspecified atom stereocenters. The Hall–Kier alpha value is -1.04. The number of nitrogens with one attached hydrogen (secondary N) is 1. The molecule has 18 heavy (non-hydrogen) atoms. The van der Waals surface area contributed by atoms with Crippen LogP contribution in [0.25, 0.3) is 0 Å². The quantitative estimate of drug-likeness (QED) is 0.663. The summed E-state index contributed by atoms with van der Waals surface area (Å²) in [5, 5.41) is 14.3. The van der Waals surface area contributed by atoms with Gasteiger partial charge in [-0.15, -0.1) is 0 Å². The minimum absolute atomic E-state index is 0.115. The number of nitrogens with zero attached hydrogens (tertiary/aromatic N) is 1.